The smallest absolute Gasteiger partial charge is 0.203 e. The van der Waals surface area contributed by atoms with Crippen molar-refractivity contribution in [2.75, 3.05) is 26.3 Å². The number of nitrogens with one attached hydrogen (secondary N) is 1. The topological polar surface area (TPSA) is 65.0 Å². The molecule has 0 atom stereocenters. The van der Waals surface area contributed by atoms with Crippen LogP contribution in [0.1, 0.15) is 12.5 Å². The van der Waals surface area contributed by atoms with E-state index in [2.05, 4.69) is 15.5 Å². The molecule has 1 heterocycles. The summed E-state index contributed by atoms with van der Waals surface area (Å²) in [6.45, 7) is 2.48. The number of benzene rings is 2. The largest absolute Gasteiger partial charge is 0.496 e. The molecular formula is C20H21N3O3S. The summed E-state index contributed by atoms with van der Waals surface area (Å²) >= 11 is 1.47. The van der Waals surface area contributed by atoms with Crippen molar-refractivity contribution >= 4 is 22.7 Å². The summed E-state index contributed by atoms with van der Waals surface area (Å²) in [4.78, 5) is 4.57. The van der Waals surface area contributed by atoms with E-state index in [1.54, 1.807) is 20.4 Å². The van der Waals surface area contributed by atoms with Crippen LogP contribution in [0.4, 0.5) is 5.13 Å². The maximum atomic E-state index is 5.68. The minimum absolute atomic E-state index is 0.545. The van der Waals surface area contributed by atoms with Crippen molar-refractivity contribution in [2.24, 2.45) is 5.10 Å². The second kappa shape index (κ2) is 9.05. The standard InChI is InChI=1S/C20H21N3O3S/c1-4-26-19-14(8-7-11-18(19)25-3)12-21-23-20-22-16(13-27-20)15-9-5-6-10-17(15)24-2/h5-13H,4H2,1-3H3,(H,22,23)/b21-12-. The van der Waals surface area contributed by atoms with E-state index in [1.165, 1.54) is 11.3 Å². The zero-order valence-corrected chi connectivity index (χ0v) is 16.2. The summed E-state index contributed by atoms with van der Waals surface area (Å²) in [5.41, 5.74) is 5.58. The monoisotopic (exact) mass is 383 g/mol. The molecule has 0 aliphatic carbocycles. The molecule has 1 aromatic heterocycles. The number of hydrogen-bond donors (Lipinski definition) is 1. The van der Waals surface area contributed by atoms with Gasteiger partial charge in [0, 0.05) is 16.5 Å². The Hall–Kier alpha value is -3.06. The molecule has 3 aromatic rings. The zero-order valence-electron chi connectivity index (χ0n) is 15.4. The molecule has 0 spiro atoms. The lowest BCUT2D eigenvalue weighted by molar-refractivity contribution is 0.310. The van der Waals surface area contributed by atoms with Crippen LogP contribution >= 0.6 is 11.3 Å². The fraction of sp³-hybridized carbons (Fsp3) is 0.200. The van der Waals surface area contributed by atoms with Gasteiger partial charge in [-0.05, 0) is 31.2 Å². The first-order chi connectivity index (χ1) is 13.3. The van der Waals surface area contributed by atoms with Gasteiger partial charge in [0.15, 0.2) is 11.5 Å². The number of para-hydroxylation sites is 2. The average molecular weight is 383 g/mol. The van der Waals surface area contributed by atoms with E-state index >= 15 is 0 Å². The molecule has 0 radical (unpaired) electrons. The van der Waals surface area contributed by atoms with E-state index in [0.717, 1.165) is 22.6 Å². The first-order valence-corrected chi connectivity index (χ1v) is 9.32. The van der Waals surface area contributed by atoms with Crippen LogP contribution in [-0.4, -0.2) is 32.0 Å². The lowest BCUT2D eigenvalue weighted by Crippen LogP contribution is -2.00. The van der Waals surface area contributed by atoms with E-state index in [9.17, 15) is 0 Å². The first-order valence-electron chi connectivity index (χ1n) is 8.44. The SMILES string of the molecule is CCOc1c(/C=N\Nc2nc(-c3ccccc3OC)cs2)cccc1OC. The van der Waals surface area contributed by atoms with Gasteiger partial charge in [-0.1, -0.05) is 18.2 Å². The van der Waals surface area contributed by atoms with Crippen molar-refractivity contribution in [1.29, 1.82) is 0 Å². The van der Waals surface area contributed by atoms with Crippen LogP contribution in [0.2, 0.25) is 0 Å². The minimum Gasteiger partial charge on any atom is -0.496 e. The maximum Gasteiger partial charge on any atom is 0.203 e. The van der Waals surface area contributed by atoms with Crippen LogP contribution < -0.4 is 19.6 Å². The highest BCUT2D eigenvalue weighted by molar-refractivity contribution is 7.14. The number of hydrogen-bond acceptors (Lipinski definition) is 7. The van der Waals surface area contributed by atoms with Gasteiger partial charge in [0.1, 0.15) is 5.75 Å². The Morgan fingerprint density at radius 2 is 1.85 bits per heavy atom. The highest BCUT2D eigenvalue weighted by atomic mass is 32.1. The van der Waals surface area contributed by atoms with Gasteiger partial charge in [-0.2, -0.15) is 5.10 Å². The third-order valence-corrected chi connectivity index (χ3v) is 4.52. The number of rotatable bonds is 8. The van der Waals surface area contributed by atoms with Crippen LogP contribution in [0.15, 0.2) is 52.9 Å². The Bertz CT molecular complexity index is 924. The molecule has 0 bridgehead atoms. The number of ether oxygens (including phenoxy) is 3. The summed E-state index contributed by atoms with van der Waals surface area (Å²) in [5, 5.41) is 6.94. The molecule has 7 heteroatoms. The predicted octanol–water partition coefficient (Wildman–Crippen LogP) is 4.67. The van der Waals surface area contributed by atoms with Crippen molar-refractivity contribution in [1.82, 2.24) is 4.98 Å². The lowest BCUT2D eigenvalue weighted by Gasteiger charge is -2.11. The fourth-order valence-corrected chi connectivity index (χ4v) is 3.22. The molecule has 0 saturated heterocycles. The van der Waals surface area contributed by atoms with E-state index in [-0.39, 0.29) is 0 Å². The number of thiazole rings is 1. The molecular weight excluding hydrogens is 362 g/mol. The van der Waals surface area contributed by atoms with Gasteiger partial charge < -0.3 is 14.2 Å². The second-order valence-corrected chi connectivity index (χ2v) is 6.28. The summed E-state index contributed by atoms with van der Waals surface area (Å²) in [6, 6.07) is 13.5. The maximum absolute atomic E-state index is 5.68. The van der Waals surface area contributed by atoms with E-state index in [1.807, 2.05) is 54.8 Å². The third-order valence-electron chi connectivity index (χ3n) is 3.77. The predicted molar refractivity (Wildman–Crippen MR) is 109 cm³/mol. The first kappa shape index (κ1) is 18.7. The Morgan fingerprint density at radius 1 is 1.07 bits per heavy atom. The number of nitrogens with zero attached hydrogens (tertiary/aromatic N) is 2. The molecule has 6 nitrogen and oxygen atoms in total. The molecule has 140 valence electrons. The number of aromatic nitrogens is 1. The zero-order chi connectivity index (χ0) is 19.1. The van der Waals surface area contributed by atoms with Crippen molar-refractivity contribution < 1.29 is 14.2 Å². The molecule has 0 unspecified atom stereocenters. The van der Waals surface area contributed by atoms with Gasteiger partial charge in [-0.3, -0.25) is 5.43 Å². The Labute approximate surface area is 162 Å². The van der Waals surface area contributed by atoms with E-state index in [4.69, 9.17) is 14.2 Å². The van der Waals surface area contributed by atoms with Crippen LogP contribution in [0.25, 0.3) is 11.3 Å². The van der Waals surface area contributed by atoms with Gasteiger partial charge in [-0.15, -0.1) is 11.3 Å². The minimum atomic E-state index is 0.545. The van der Waals surface area contributed by atoms with Gasteiger partial charge >= 0.3 is 0 Å². The number of hydrazone groups is 1. The van der Waals surface area contributed by atoms with Gasteiger partial charge in [0.05, 0.1) is 32.7 Å². The third kappa shape index (κ3) is 4.38. The molecule has 3 rings (SSSR count). The summed E-state index contributed by atoms with van der Waals surface area (Å²) in [7, 11) is 3.27. The quantitative estimate of drug-likeness (QED) is 0.452. The van der Waals surface area contributed by atoms with Crippen molar-refractivity contribution in [3.63, 3.8) is 0 Å². The highest BCUT2D eigenvalue weighted by Crippen LogP contribution is 2.32. The Morgan fingerprint density at radius 3 is 2.63 bits per heavy atom. The molecule has 1 N–H and O–H groups in total. The van der Waals surface area contributed by atoms with Gasteiger partial charge in [-0.25, -0.2) is 4.98 Å². The van der Waals surface area contributed by atoms with Gasteiger partial charge in [0.25, 0.3) is 0 Å². The fourth-order valence-electron chi connectivity index (χ4n) is 2.56. The summed E-state index contributed by atoms with van der Waals surface area (Å²) in [5.74, 6) is 2.13. The number of anilines is 1. The number of methoxy groups -OCH3 is 2. The van der Waals surface area contributed by atoms with Crippen molar-refractivity contribution in [3.05, 3.63) is 53.4 Å². The molecule has 0 aliphatic heterocycles. The van der Waals surface area contributed by atoms with Crippen molar-refractivity contribution in [2.45, 2.75) is 6.92 Å². The normalized spacial score (nSPS) is 10.8. The van der Waals surface area contributed by atoms with Crippen LogP contribution in [-0.2, 0) is 0 Å². The van der Waals surface area contributed by atoms with Gasteiger partial charge in [0.2, 0.25) is 5.13 Å². The summed E-state index contributed by atoms with van der Waals surface area (Å²) < 4.78 is 16.4. The van der Waals surface area contributed by atoms with Crippen LogP contribution in [0, 0.1) is 0 Å². The van der Waals surface area contributed by atoms with Crippen LogP contribution in [0.5, 0.6) is 17.2 Å². The highest BCUT2D eigenvalue weighted by Gasteiger charge is 2.10. The molecule has 0 aliphatic rings. The van der Waals surface area contributed by atoms with Crippen molar-refractivity contribution in [3.8, 4) is 28.5 Å². The molecule has 2 aromatic carbocycles. The van der Waals surface area contributed by atoms with E-state index in [0.29, 0.717) is 23.2 Å². The second-order valence-electron chi connectivity index (χ2n) is 5.42. The Kier molecular flexibility index (Phi) is 6.27. The summed E-state index contributed by atoms with van der Waals surface area (Å²) in [6.07, 6.45) is 1.69. The lowest BCUT2D eigenvalue weighted by atomic mass is 10.1. The molecule has 0 saturated carbocycles. The average Bonchev–Trinajstić information content (AvgIpc) is 3.18. The van der Waals surface area contributed by atoms with Crippen LogP contribution in [0.3, 0.4) is 0 Å². The molecule has 0 amide bonds. The molecule has 0 fully saturated rings. The molecule has 27 heavy (non-hydrogen) atoms. The van der Waals surface area contributed by atoms with E-state index < -0.39 is 0 Å². The Balaban J connectivity index is 1.76.